The van der Waals surface area contributed by atoms with Crippen LogP contribution in [-0.4, -0.2) is 25.7 Å². The molecular weight excluding hydrogens is 316 g/mol. The molecule has 2 aromatic carbocycles. The van der Waals surface area contributed by atoms with Gasteiger partial charge in [0, 0.05) is 11.6 Å². The molecule has 6 heteroatoms. The van der Waals surface area contributed by atoms with Crippen molar-refractivity contribution < 1.29 is 23.4 Å². The highest BCUT2D eigenvalue weighted by Crippen LogP contribution is 2.46. The van der Waals surface area contributed by atoms with Gasteiger partial charge in [0.05, 0.1) is 12.0 Å². The van der Waals surface area contributed by atoms with Crippen LogP contribution >= 0.6 is 0 Å². The summed E-state index contributed by atoms with van der Waals surface area (Å²) >= 11 is 0. The normalized spacial score (nSPS) is 11.7. The van der Waals surface area contributed by atoms with Gasteiger partial charge in [-0.3, -0.25) is 0 Å². The molecular formula is C17H20O5S. The summed E-state index contributed by atoms with van der Waals surface area (Å²) in [5, 5.41) is 20.6. The molecule has 0 fully saturated rings. The average molecular weight is 336 g/mol. The van der Waals surface area contributed by atoms with Crippen molar-refractivity contribution in [1.29, 1.82) is 0 Å². The maximum absolute atomic E-state index is 12.7. The van der Waals surface area contributed by atoms with Crippen LogP contribution in [0.1, 0.15) is 30.9 Å². The molecule has 0 bridgehead atoms. The Morgan fingerprint density at radius 3 is 2.13 bits per heavy atom. The summed E-state index contributed by atoms with van der Waals surface area (Å²) in [6.07, 6.45) is 0. The molecule has 5 nitrogen and oxygen atoms in total. The van der Waals surface area contributed by atoms with Crippen molar-refractivity contribution in [2.75, 3.05) is 7.11 Å². The Morgan fingerprint density at radius 2 is 1.65 bits per heavy atom. The van der Waals surface area contributed by atoms with Crippen LogP contribution in [-0.2, 0) is 9.84 Å². The summed E-state index contributed by atoms with van der Waals surface area (Å²) in [5.74, 6) is -0.882. The topological polar surface area (TPSA) is 83.8 Å². The zero-order valence-electron chi connectivity index (χ0n) is 13.5. The molecule has 0 aliphatic rings. The van der Waals surface area contributed by atoms with Crippen molar-refractivity contribution in [3.8, 4) is 17.2 Å². The third-order valence-electron chi connectivity index (χ3n) is 3.64. The van der Waals surface area contributed by atoms with E-state index in [2.05, 4.69) is 0 Å². The summed E-state index contributed by atoms with van der Waals surface area (Å²) in [6.45, 7) is 5.47. The minimum atomic E-state index is -3.97. The van der Waals surface area contributed by atoms with E-state index in [-0.39, 0.29) is 27.2 Å². The Hall–Kier alpha value is -2.21. The number of rotatable bonds is 4. The molecule has 2 aromatic rings. The Labute approximate surface area is 136 Å². The zero-order chi connectivity index (χ0) is 17.4. The monoisotopic (exact) mass is 336 g/mol. The number of methoxy groups -OCH3 is 1. The summed E-state index contributed by atoms with van der Waals surface area (Å²) in [7, 11) is -2.65. The Bertz CT molecular complexity index is 821. The van der Waals surface area contributed by atoms with Gasteiger partial charge in [0.25, 0.3) is 0 Å². The third-order valence-corrected chi connectivity index (χ3v) is 5.42. The maximum Gasteiger partial charge on any atom is 0.210 e. The minimum Gasteiger partial charge on any atom is -0.507 e. The first-order valence-electron chi connectivity index (χ1n) is 7.14. The number of aryl methyl sites for hydroxylation is 1. The number of phenolic OH excluding ortho intramolecular Hbond substituents is 2. The summed E-state index contributed by atoms with van der Waals surface area (Å²) < 4.78 is 30.6. The van der Waals surface area contributed by atoms with Crippen molar-refractivity contribution in [2.24, 2.45) is 0 Å². The first-order valence-corrected chi connectivity index (χ1v) is 8.63. The molecule has 0 unspecified atom stereocenters. The second-order valence-electron chi connectivity index (χ2n) is 5.66. The highest BCUT2D eigenvalue weighted by Gasteiger charge is 2.28. The van der Waals surface area contributed by atoms with Crippen LogP contribution in [0.15, 0.2) is 40.1 Å². The minimum absolute atomic E-state index is 0.0225. The molecule has 0 radical (unpaired) electrons. The lowest BCUT2D eigenvalue weighted by molar-refractivity contribution is 0.352. The number of aromatic hydroxyl groups is 2. The van der Waals surface area contributed by atoms with Crippen LogP contribution in [0.2, 0.25) is 0 Å². The fourth-order valence-electron chi connectivity index (χ4n) is 2.44. The van der Waals surface area contributed by atoms with Gasteiger partial charge in [-0.05, 0) is 25.0 Å². The van der Waals surface area contributed by atoms with Crippen LogP contribution in [0, 0.1) is 6.92 Å². The number of phenols is 2. The number of ether oxygens (including phenoxy) is 1. The largest absolute Gasteiger partial charge is 0.507 e. The van der Waals surface area contributed by atoms with E-state index in [0.717, 1.165) is 11.6 Å². The van der Waals surface area contributed by atoms with Crippen molar-refractivity contribution in [3.63, 3.8) is 0 Å². The van der Waals surface area contributed by atoms with Crippen LogP contribution in [0.25, 0.3) is 0 Å². The quantitative estimate of drug-likeness (QED) is 0.836. The standard InChI is InChI=1S/C17H20O5S/c1-10(2)15-13(18)9-14(16(19)17(15)22-4)23(20,21)12-7-5-11(3)6-8-12/h5-10,18-19H,1-4H3. The molecule has 23 heavy (non-hydrogen) atoms. The van der Waals surface area contributed by atoms with Gasteiger partial charge in [0.2, 0.25) is 9.84 Å². The molecule has 0 spiro atoms. The highest BCUT2D eigenvalue weighted by molar-refractivity contribution is 7.91. The lowest BCUT2D eigenvalue weighted by atomic mass is 10.0. The van der Waals surface area contributed by atoms with Crippen molar-refractivity contribution in [3.05, 3.63) is 41.5 Å². The number of benzene rings is 2. The van der Waals surface area contributed by atoms with Crippen LogP contribution < -0.4 is 4.74 Å². The molecule has 0 heterocycles. The van der Waals surface area contributed by atoms with Gasteiger partial charge in [-0.2, -0.15) is 0 Å². The van der Waals surface area contributed by atoms with Crippen LogP contribution in [0.4, 0.5) is 0 Å². The lowest BCUT2D eigenvalue weighted by Crippen LogP contribution is -2.05. The maximum atomic E-state index is 12.7. The highest BCUT2D eigenvalue weighted by atomic mass is 32.2. The van der Waals surface area contributed by atoms with E-state index < -0.39 is 15.6 Å². The van der Waals surface area contributed by atoms with E-state index in [9.17, 15) is 18.6 Å². The Morgan fingerprint density at radius 1 is 1.09 bits per heavy atom. The first kappa shape index (κ1) is 17.1. The van der Waals surface area contributed by atoms with Crippen LogP contribution in [0.5, 0.6) is 17.2 Å². The fourth-order valence-corrected chi connectivity index (χ4v) is 3.80. The van der Waals surface area contributed by atoms with Crippen molar-refractivity contribution >= 4 is 9.84 Å². The molecule has 0 aromatic heterocycles. The number of hydrogen-bond acceptors (Lipinski definition) is 5. The van der Waals surface area contributed by atoms with Gasteiger partial charge in [-0.25, -0.2) is 8.42 Å². The molecule has 0 amide bonds. The molecule has 0 aliphatic heterocycles. The molecule has 2 rings (SSSR count). The smallest absolute Gasteiger partial charge is 0.210 e. The molecule has 0 saturated carbocycles. The zero-order valence-corrected chi connectivity index (χ0v) is 14.3. The summed E-state index contributed by atoms with van der Waals surface area (Å²) in [5.41, 5.74) is 1.29. The predicted octanol–water partition coefficient (Wildman–Crippen LogP) is 3.37. The van der Waals surface area contributed by atoms with E-state index in [4.69, 9.17) is 4.74 Å². The third kappa shape index (κ3) is 2.99. The fraction of sp³-hybridized carbons (Fsp3) is 0.294. The Kier molecular flexibility index (Phi) is 4.56. The van der Waals surface area contributed by atoms with Gasteiger partial charge in [0.15, 0.2) is 11.5 Å². The van der Waals surface area contributed by atoms with Gasteiger partial charge in [-0.1, -0.05) is 31.5 Å². The SMILES string of the molecule is COc1c(O)c(S(=O)(=O)c2ccc(C)cc2)cc(O)c1C(C)C. The van der Waals surface area contributed by atoms with Crippen molar-refractivity contribution in [1.82, 2.24) is 0 Å². The number of sulfone groups is 1. The average Bonchev–Trinajstić information content (AvgIpc) is 2.48. The molecule has 124 valence electrons. The molecule has 2 N–H and O–H groups in total. The second-order valence-corrected chi connectivity index (χ2v) is 7.58. The van der Waals surface area contributed by atoms with Gasteiger partial charge < -0.3 is 14.9 Å². The van der Waals surface area contributed by atoms with E-state index in [1.54, 1.807) is 12.1 Å². The van der Waals surface area contributed by atoms with E-state index >= 15 is 0 Å². The van der Waals surface area contributed by atoms with Crippen LogP contribution in [0.3, 0.4) is 0 Å². The van der Waals surface area contributed by atoms with E-state index in [1.165, 1.54) is 19.2 Å². The predicted molar refractivity (Wildman–Crippen MR) is 87.0 cm³/mol. The molecule has 0 atom stereocenters. The molecule has 0 aliphatic carbocycles. The molecule has 0 saturated heterocycles. The van der Waals surface area contributed by atoms with Gasteiger partial charge in [0.1, 0.15) is 10.6 Å². The second kappa shape index (κ2) is 6.12. The summed E-state index contributed by atoms with van der Waals surface area (Å²) in [6, 6.07) is 7.34. The lowest BCUT2D eigenvalue weighted by Gasteiger charge is -2.18. The van der Waals surface area contributed by atoms with Gasteiger partial charge in [-0.15, -0.1) is 0 Å². The number of hydrogen-bond donors (Lipinski definition) is 2. The van der Waals surface area contributed by atoms with E-state index in [0.29, 0.717) is 5.56 Å². The first-order chi connectivity index (χ1) is 10.7. The van der Waals surface area contributed by atoms with Gasteiger partial charge >= 0.3 is 0 Å². The van der Waals surface area contributed by atoms with E-state index in [1.807, 2.05) is 20.8 Å². The Balaban J connectivity index is 2.73. The van der Waals surface area contributed by atoms with Crippen molar-refractivity contribution in [2.45, 2.75) is 36.5 Å². The summed E-state index contributed by atoms with van der Waals surface area (Å²) in [4.78, 5) is -0.336.